The van der Waals surface area contributed by atoms with Crippen LogP contribution in [0.4, 0.5) is 4.79 Å². The Hall–Kier alpha value is -2.81. The third-order valence-electron chi connectivity index (χ3n) is 3.50. The summed E-state index contributed by atoms with van der Waals surface area (Å²) in [7, 11) is 0. The Bertz CT molecular complexity index is 794. The fraction of sp³-hybridized carbons (Fsp3) is 0.389. The van der Waals surface area contributed by atoms with Gasteiger partial charge in [0.15, 0.2) is 5.82 Å². The first-order chi connectivity index (χ1) is 11.4. The van der Waals surface area contributed by atoms with Crippen molar-refractivity contribution in [1.29, 1.82) is 0 Å². The SMILES string of the molecule is CC(C)(C)OC(=O)N1CCn2c(C#Cc3ccccc3)nnc2C1. The highest BCUT2D eigenvalue weighted by Gasteiger charge is 2.27. The molecule has 1 amide bonds. The van der Waals surface area contributed by atoms with Crippen LogP contribution in [-0.2, 0) is 17.8 Å². The van der Waals surface area contributed by atoms with Crippen LogP contribution in [0.3, 0.4) is 0 Å². The zero-order valence-corrected chi connectivity index (χ0v) is 14.1. The average molecular weight is 324 g/mol. The van der Waals surface area contributed by atoms with E-state index in [9.17, 15) is 4.79 Å². The van der Waals surface area contributed by atoms with Crippen molar-refractivity contribution in [2.45, 2.75) is 39.5 Å². The van der Waals surface area contributed by atoms with Crippen LogP contribution in [0.1, 0.15) is 38.0 Å². The summed E-state index contributed by atoms with van der Waals surface area (Å²) in [6.07, 6.45) is -0.325. The molecule has 1 aromatic heterocycles. The van der Waals surface area contributed by atoms with Gasteiger partial charge in [-0.15, -0.1) is 10.2 Å². The first kappa shape index (κ1) is 16.1. The number of amides is 1. The zero-order chi connectivity index (χ0) is 17.2. The van der Waals surface area contributed by atoms with Crippen LogP contribution < -0.4 is 0 Å². The number of hydrogen-bond acceptors (Lipinski definition) is 4. The summed E-state index contributed by atoms with van der Waals surface area (Å²) in [5.41, 5.74) is 0.426. The lowest BCUT2D eigenvalue weighted by Gasteiger charge is -2.30. The molecule has 1 aliphatic heterocycles. The number of carbonyl (C=O) groups excluding carboxylic acids is 1. The van der Waals surface area contributed by atoms with Gasteiger partial charge in [-0.2, -0.15) is 0 Å². The number of hydrogen-bond donors (Lipinski definition) is 0. The van der Waals surface area contributed by atoms with Crippen LogP contribution in [-0.4, -0.2) is 37.9 Å². The first-order valence-corrected chi connectivity index (χ1v) is 7.89. The van der Waals surface area contributed by atoms with E-state index < -0.39 is 5.60 Å². The second-order valence-electron chi connectivity index (χ2n) is 6.61. The van der Waals surface area contributed by atoms with Gasteiger partial charge in [0.1, 0.15) is 5.60 Å². The molecule has 1 aliphatic rings. The van der Waals surface area contributed by atoms with E-state index >= 15 is 0 Å². The molecule has 0 saturated carbocycles. The fourth-order valence-electron chi connectivity index (χ4n) is 2.38. The number of aromatic nitrogens is 3. The van der Waals surface area contributed by atoms with Gasteiger partial charge < -0.3 is 9.30 Å². The predicted molar refractivity (Wildman–Crippen MR) is 89.1 cm³/mol. The third-order valence-corrected chi connectivity index (χ3v) is 3.50. The Kier molecular flexibility index (Phi) is 4.26. The maximum Gasteiger partial charge on any atom is 0.410 e. The van der Waals surface area contributed by atoms with Crippen LogP contribution in [0.5, 0.6) is 0 Å². The molecule has 0 aliphatic carbocycles. The van der Waals surface area contributed by atoms with Crippen molar-refractivity contribution in [3.63, 3.8) is 0 Å². The molecular formula is C18H20N4O2. The van der Waals surface area contributed by atoms with Crippen LogP contribution in [0, 0.1) is 11.8 Å². The van der Waals surface area contributed by atoms with Gasteiger partial charge in [0.25, 0.3) is 0 Å². The molecule has 6 heteroatoms. The van der Waals surface area contributed by atoms with Gasteiger partial charge in [-0.3, -0.25) is 4.90 Å². The van der Waals surface area contributed by atoms with Crippen molar-refractivity contribution in [2.24, 2.45) is 0 Å². The van der Waals surface area contributed by atoms with Gasteiger partial charge in [-0.25, -0.2) is 4.79 Å². The van der Waals surface area contributed by atoms with E-state index in [1.54, 1.807) is 4.90 Å². The van der Waals surface area contributed by atoms with E-state index in [1.165, 1.54) is 0 Å². The maximum absolute atomic E-state index is 12.2. The third kappa shape index (κ3) is 3.74. The highest BCUT2D eigenvalue weighted by molar-refractivity contribution is 5.68. The molecule has 6 nitrogen and oxygen atoms in total. The van der Waals surface area contributed by atoms with Crippen LogP contribution in [0.2, 0.25) is 0 Å². The number of ether oxygens (including phenoxy) is 1. The van der Waals surface area contributed by atoms with Crippen molar-refractivity contribution in [1.82, 2.24) is 19.7 Å². The van der Waals surface area contributed by atoms with Gasteiger partial charge in [0.2, 0.25) is 5.82 Å². The lowest BCUT2D eigenvalue weighted by atomic mass is 10.2. The molecule has 0 unspecified atom stereocenters. The predicted octanol–water partition coefficient (Wildman–Crippen LogP) is 2.43. The van der Waals surface area contributed by atoms with E-state index in [0.29, 0.717) is 25.5 Å². The number of carbonyl (C=O) groups is 1. The van der Waals surface area contributed by atoms with Crippen LogP contribution >= 0.6 is 0 Å². The molecule has 2 aromatic rings. The molecule has 0 N–H and O–H groups in total. The summed E-state index contributed by atoms with van der Waals surface area (Å²) in [5.74, 6) is 7.49. The second kappa shape index (κ2) is 6.36. The van der Waals surface area contributed by atoms with E-state index in [-0.39, 0.29) is 6.09 Å². The zero-order valence-electron chi connectivity index (χ0n) is 14.1. The molecule has 1 aromatic carbocycles. The van der Waals surface area contributed by atoms with Crippen LogP contribution in [0.25, 0.3) is 0 Å². The first-order valence-electron chi connectivity index (χ1n) is 7.89. The van der Waals surface area contributed by atoms with Crippen molar-refractivity contribution in [3.05, 3.63) is 47.5 Å². The van der Waals surface area contributed by atoms with Gasteiger partial charge in [-0.05, 0) is 38.8 Å². The monoisotopic (exact) mass is 324 g/mol. The topological polar surface area (TPSA) is 60.2 Å². The normalized spacial score (nSPS) is 13.7. The second-order valence-corrected chi connectivity index (χ2v) is 6.61. The minimum atomic E-state index is -0.505. The molecule has 3 rings (SSSR count). The number of rotatable bonds is 0. The van der Waals surface area contributed by atoms with Gasteiger partial charge in [-0.1, -0.05) is 24.1 Å². The summed E-state index contributed by atoms with van der Waals surface area (Å²) in [6.45, 7) is 7.12. The standard InChI is InChI=1S/C18H20N4O2/c1-18(2,3)24-17(23)21-11-12-22-15(19-20-16(22)13-21)10-9-14-7-5-4-6-8-14/h4-8H,11-13H2,1-3H3. The van der Waals surface area contributed by atoms with E-state index in [2.05, 4.69) is 22.0 Å². The van der Waals surface area contributed by atoms with Crippen molar-refractivity contribution >= 4 is 6.09 Å². The fourth-order valence-corrected chi connectivity index (χ4v) is 2.38. The Balaban J connectivity index is 1.73. The molecule has 2 heterocycles. The Labute approximate surface area is 141 Å². The Morgan fingerprint density at radius 3 is 2.58 bits per heavy atom. The van der Waals surface area contributed by atoms with Gasteiger partial charge in [0, 0.05) is 18.7 Å². The lowest BCUT2D eigenvalue weighted by molar-refractivity contribution is 0.0195. The molecule has 0 spiro atoms. The highest BCUT2D eigenvalue weighted by atomic mass is 16.6. The van der Waals surface area contributed by atoms with E-state index in [1.807, 2.05) is 55.7 Å². The minimum absolute atomic E-state index is 0.325. The largest absolute Gasteiger partial charge is 0.444 e. The molecule has 0 saturated heterocycles. The van der Waals surface area contributed by atoms with E-state index in [0.717, 1.165) is 11.4 Å². The molecule has 24 heavy (non-hydrogen) atoms. The molecule has 0 bridgehead atoms. The summed E-state index contributed by atoms with van der Waals surface area (Å²) in [4.78, 5) is 13.8. The lowest BCUT2D eigenvalue weighted by Crippen LogP contribution is -2.41. The molecular weight excluding hydrogens is 304 g/mol. The molecule has 0 radical (unpaired) electrons. The Morgan fingerprint density at radius 1 is 1.12 bits per heavy atom. The maximum atomic E-state index is 12.2. The van der Waals surface area contributed by atoms with E-state index in [4.69, 9.17) is 4.74 Å². The molecule has 124 valence electrons. The van der Waals surface area contributed by atoms with Gasteiger partial charge in [0.05, 0.1) is 6.54 Å². The summed E-state index contributed by atoms with van der Waals surface area (Å²) >= 11 is 0. The molecule has 0 fully saturated rings. The van der Waals surface area contributed by atoms with Crippen LogP contribution in [0.15, 0.2) is 30.3 Å². The highest BCUT2D eigenvalue weighted by Crippen LogP contribution is 2.16. The number of nitrogens with zero attached hydrogens (tertiary/aromatic N) is 4. The minimum Gasteiger partial charge on any atom is -0.444 e. The number of fused-ring (bicyclic) bond motifs is 1. The summed E-state index contributed by atoms with van der Waals surface area (Å²) < 4.78 is 7.36. The smallest absolute Gasteiger partial charge is 0.410 e. The number of benzene rings is 1. The summed E-state index contributed by atoms with van der Waals surface area (Å²) in [6, 6.07) is 9.74. The van der Waals surface area contributed by atoms with Crippen molar-refractivity contribution in [3.8, 4) is 11.8 Å². The summed E-state index contributed by atoms with van der Waals surface area (Å²) in [5, 5.41) is 8.30. The van der Waals surface area contributed by atoms with Gasteiger partial charge >= 0.3 is 6.09 Å². The molecule has 0 atom stereocenters. The van der Waals surface area contributed by atoms with Crippen molar-refractivity contribution in [2.75, 3.05) is 6.54 Å². The van der Waals surface area contributed by atoms with Crippen molar-refractivity contribution < 1.29 is 9.53 Å². The Morgan fingerprint density at radius 2 is 1.88 bits per heavy atom. The average Bonchev–Trinajstić information content (AvgIpc) is 2.94. The quantitative estimate of drug-likeness (QED) is 0.698.